The van der Waals surface area contributed by atoms with E-state index in [1.54, 1.807) is 29.6 Å². The van der Waals surface area contributed by atoms with Crippen molar-refractivity contribution in [3.05, 3.63) is 24.3 Å². The highest BCUT2D eigenvalue weighted by atomic mass is 32.2. The van der Waals surface area contributed by atoms with Crippen LogP contribution in [0.5, 0.6) is 5.75 Å². The Morgan fingerprint density at radius 3 is 2.78 bits per heavy atom. The predicted molar refractivity (Wildman–Crippen MR) is 87.1 cm³/mol. The smallest absolute Gasteiger partial charge is 0.246 e. The van der Waals surface area contributed by atoms with Crippen molar-refractivity contribution in [2.45, 2.75) is 17.7 Å². The number of hydrogen-bond acceptors (Lipinski definition) is 5. The van der Waals surface area contributed by atoms with Crippen LogP contribution in [-0.2, 0) is 14.8 Å². The zero-order valence-electron chi connectivity index (χ0n) is 13.5. The van der Waals surface area contributed by atoms with Gasteiger partial charge in [-0.2, -0.15) is 4.31 Å². The molecular weight excluding hydrogens is 316 g/mol. The van der Waals surface area contributed by atoms with Gasteiger partial charge in [0, 0.05) is 25.6 Å². The van der Waals surface area contributed by atoms with Gasteiger partial charge < -0.3 is 14.8 Å². The van der Waals surface area contributed by atoms with Gasteiger partial charge in [-0.25, -0.2) is 8.42 Å². The van der Waals surface area contributed by atoms with Crippen LogP contribution in [0.2, 0.25) is 0 Å². The average molecular weight is 340 g/mol. The van der Waals surface area contributed by atoms with Crippen molar-refractivity contribution in [3.63, 3.8) is 0 Å². The summed E-state index contributed by atoms with van der Waals surface area (Å²) in [6.45, 7) is 3.56. The zero-order chi connectivity index (χ0) is 16.3. The maximum Gasteiger partial charge on any atom is 0.246 e. The molecule has 2 heterocycles. The van der Waals surface area contributed by atoms with Crippen LogP contribution in [-0.4, -0.2) is 59.2 Å². The van der Waals surface area contributed by atoms with Crippen molar-refractivity contribution in [2.75, 3.05) is 46.5 Å². The molecule has 1 saturated heterocycles. The number of benzene rings is 1. The first-order chi connectivity index (χ1) is 11.1. The van der Waals surface area contributed by atoms with Crippen LogP contribution in [0.4, 0.5) is 0 Å². The number of hydrogen-bond donors (Lipinski definition) is 1. The maximum absolute atomic E-state index is 13.1. The van der Waals surface area contributed by atoms with E-state index in [1.807, 2.05) is 6.07 Å². The molecule has 0 bridgehead atoms. The van der Waals surface area contributed by atoms with Gasteiger partial charge in [0.2, 0.25) is 10.0 Å². The molecule has 0 aromatic heterocycles. The minimum atomic E-state index is -3.58. The van der Waals surface area contributed by atoms with Crippen molar-refractivity contribution in [1.29, 1.82) is 0 Å². The van der Waals surface area contributed by atoms with Crippen LogP contribution >= 0.6 is 0 Å². The van der Waals surface area contributed by atoms with Crippen LogP contribution in [0.25, 0.3) is 0 Å². The summed E-state index contributed by atoms with van der Waals surface area (Å²) < 4.78 is 38.8. The Labute approximate surface area is 137 Å². The van der Waals surface area contributed by atoms with Crippen LogP contribution in [0.15, 0.2) is 29.2 Å². The molecule has 0 saturated carbocycles. The molecule has 1 N–H and O–H groups in total. The number of para-hydroxylation sites is 1. The quantitative estimate of drug-likeness (QED) is 0.892. The highest BCUT2D eigenvalue weighted by molar-refractivity contribution is 7.89. The van der Waals surface area contributed by atoms with Crippen molar-refractivity contribution in [2.24, 2.45) is 5.41 Å². The molecule has 7 heteroatoms. The fourth-order valence-corrected chi connectivity index (χ4v) is 4.98. The monoisotopic (exact) mass is 340 g/mol. The van der Waals surface area contributed by atoms with Crippen molar-refractivity contribution in [3.8, 4) is 5.75 Å². The van der Waals surface area contributed by atoms with E-state index < -0.39 is 10.0 Å². The molecule has 6 nitrogen and oxygen atoms in total. The molecule has 1 aromatic carbocycles. The number of nitrogens with zero attached hydrogens (tertiary/aromatic N) is 1. The highest BCUT2D eigenvalue weighted by Crippen LogP contribution is 2.37. The molecule has 0 amide bonds. The number of ether oxygens (including phenoxy) is 2. The van der Waals surface area contributed by atoms with Gasteiger partial charge in [0.15, 0.2) is 0 Å². The molecule has 1 aromatic rings. The summed E-state index contributed by atoms with van der Waals surface area (Å²) in [5.41, 5.74) is -0.139. The molecule has 128 valence electrons. The van der Waals surface area contributed by atoms with E-state index in [9.17, 15) is 8.42 Å². The van der Waals surface area contributed by atoms with E-state index in [0.717, 1.165) is 25.9 Å². The Balaban J connectivity index is 2.00. The van der Waals surface area contributed by atoms with E-state index in [-0.39, 0.29) is 10.3 Å². The van der Waals surface area contributed by atoms with Crippen molar-refractivity contribution in [1.82, 2.24) is 9.62 Å². The lowest BCUT2D eigenvalue weighted by Crippen LogP contribution is -2.51. The fraction of sp³-hybridized carbons (Fsp3) is 0.625. The van der Waals surface area contributed by atoms with E-state index in [1.165, 1.54) is 0 Å². The molecule has 1 spiro atoms. The molecule has 2 aliphatic rings. The van der Waals surface area contributed by atoms with Gasteiger partial charge in [-0.1, -0.05) is 12.1 Å². The minimum absolute atomic E-state index is 0.139. The normalized spacial score (nSPS) is 23.5. The van der Waals surface area contributed by atoms with Crippen LogP contribution in [0.3, 0.4) is 0 Å². The number of rotatable bonds is 3. The number of sulfonamides is 1. The molecule has 0 radical (unpaired) electrons. The fourth-order valence-electron chi connectivity index (χ4n) is 3.31. The number of piperidine rings is 1. The molecule has 1 fully saturated rings. The largest absolute Gasteiger partial charge is 0.492 e. The van der Waals surface area contributed by atoms with Gasteiger partial charge in [-0.15, -0.1) is 0 Å². The minimum Gasteiger partial charge on any atom is -0.492 e. The predicted octanol–water partition coefficient (Wildman–Crippen LogP) is 1.09. The zero-order valence-corrected chi connectivity index (χ0v) is 14.3. The molecule has 23 heavy (non-hydrogen) atoms. The summed E-state index contributed by atoms with van der Waals surface area (Å²) in [5.74, 6) is 0.451. The summed E-state index contributed by atoms with van der Waals surface area (Å²) >= 11 is 0. The molecule has 3 rings (SSSR count). The Hall–Kier alpha value is -1.15. The van der Waals surface area contributed by atoms with E-state index in [0.29, 0.717) is 32.1 Å². The van der Waals surface area contributed by atoms with E-state index in [4.69, 9.17) is 9.47 Å². The van der Waals surface area contributed by atoms with Crippen LogP contribution in [0.1, 0.15) is 12.8 Å². The first-order valence-corrected chi connectivity index (χ1v) is 9.43. The van der Waals surface area contributed by atoms with E-state index >= 15 is 0 Å². The summed E-state index contributed by atoms with van der Waals surface area (Å²) in [6.07, 6.45) is 1.82. The Kier molecular flexibility index (Phi) is 4.91. The van der Waals surface area contributed by atoms with Crippen LogP contribution in [0, 0.1) is 5.41 Å². The number of fused-ring (bicyclic) bond motifs is 1. The third-order valence-electron chi connectivity index (χ3n) is 4.72. The Morgan fingerprint density at radius 2 is 2.04 bits per heavy atom. The lowest BCUT2D eigenvalue weighted by Gasteiger charge is -2.42. The second-order valence-corrected chi connectivity index (χ2v) is 8.22. The molecule has 0 aliphatic carbocycles. The topological polar surface area (TPSA) is 67.9 Å². The highest BCUT2D eigenvalue weighted by Gasteiger charge is 2.41. The van der Waals surface area contributed by atoms with Gasteiger partial charge in [0.25, 0.3) is 0 Å². The Bertz CT molecular complexity index is 641. The maximum atomic E-state index is 13.1. The summed E-state index contributed by atoms with van der Waals surface area (Å²) in [5, 5.41) is 3.34. The molecule has 0 atom stereocenters. The van der Waals surface area contributed by atoms with E-state index in [2.05, 4.69) is 5.32 Å². The lowest BCUT2D eigenvalue weighted by atomic mass is 9.79. The summed E-state index contributed by atoms with van der Waals surface area (Å²) in [6, 6.07) is 6.90. The summed E-state index contributed by atoms with van der Waals surface area (Å²) in [4.78, 5) is 0.250. The third-order valence-corrected chi connectivity index (χ3v) is 6.61. The second kappa shape index (κ2) is 6.76. The number of methoxy groups -OCH3 is 1. The van der Waals surface area contributed by atoms with Gasteiger partial charge >= 0.3 is 0 Å². The Morgan fingerprint density at radius 1 is 1.30 bits per heavy atom. The molecular formula is C16H24N2O4S. The molecule has 0 unspecified atom stereocenters. The van der Waals surface area contributed by atoms with Crippen molar-refractivity contribution < 1.29 is 17.9 Å². The third kappa shape index (κ3) is 3.38. The van der Waals surface area contributed by atoms with Gasteiger partial charge in [0.1, 0.15) is 10.6 Å². The van der Waals surface area contributed by atoms with Crippen LogP contribution < -0.4 is 10.1 Å². The lowest BCUT2D eigenvalue weighted by molar-refractivity contribution is 0.0682. The SMILES string of the molecule is COCCN1CC2(CCNCC2)COc2ccccc2S1(=O)=O. The van der Waals surface area contributed by atoms with Gasteiger partial charge in [-0.05, 0) is 38.1 Å². The first kappa shape index (κ1) is 16.7. The second-order valence-electron chi connectivity index (χ2n) is 6.32. The van der Waals surface area contributed by atoms with Gasteiger partial charge in [-0.3, -0.25) is 0 Å². The van der Waals surface area contributed by atoms with Gasteiger partial charge in [0.05, 0.1) is 13.2 Å². The average Bonchev–Trinajstić information content (AvgIpc) is 2.57. The number of nitrogens with one attached hydrogen (secondary N) is 1. The first-order valence-electron chi connectivity index (χ1n) is 7.99. The molecule has 2 aliphatic heterocycles. The standard InChI is InChI=1S/C16H24N2O4S/c1-21-11-10-18-12-16(6-8-17-9-7-16)13-22-14-4-2-3-5-15(14)23(18,19)20/h2-5,17H,6-13H2,1H3. The summed E-state index contributed by atoms with van der Waals surface area (Å²) in [7, 11) is -1.99. The van der Waals surface area contributed by atoms with Crippen molar-refractivity contribution >= 4 is 10.0 Å².